The lowest BCUT2D eigenvalue weighted by Crippen LogP contribution is -2.44. The average molecular weight is 284 g/mol. The Balaban J connectivity index is 1.81. The maximum absolute atomic E-state index is 11.9. The quantitative estimate of drug-likeness (QED) is 0.543. The molecule has 0 aromatic carbocycles. The van der Waals surface area contributed by atoms with Crippen LogP contribution in [0.2, 0.25) is 0 Å². The van der Waals surface area contributed by atoms with Crippen LogP contribution in [0.4, 0.5) is 0 Å². The monoisotopic (exact) mass is 284 g/mol. The summed E-state index contributed by atoms with van der Waals surface area (Å²) in [6.45, 7) is 0. The molecule has 112 valence electrons. The van der Waals surface area contributed by atoms with Crippen LogP contribution in [0.15, 0.2) is 0 Å². The highest BCUT2D eigenvalue weighted by Crippen LogP contribution is 2.32. The molecule has 2 heterocycles. The van der Waals surface area contributed by atoms with E-state index >= 15 is 0 Å². The van der Waals surface area contributed by atoms with Gasteiger partial charge < -0.3 is 20.8 Å². The highest BCUT2D eigenvalue weighted by molar-refractivity contribution is 5.86. The predicted octanol–water partition coefficient (Wildman–Crippen LogP) is -0.0488. The molecule has 0 spiro atoms. The smallest absolute Gasteiger partial charge is 0.326 e. The van der Waals surface area contributed by atoms with E-state index in [9.17, 15) is 14.4 Å². The van der Waals surface area contributed by atoms with Gasteiger partial charge in [0.2, 0.25) is 5.91 Å². The molecule has 0 aliphatic carbocycles. The van der Waals surface area contributed by atoms with Crippen LogP contribution in [0.3, 0.4) is 0 Å². The summed E-state index contributed by atoms with van der Waals surface area (Å²) in [5.41, 5.74) is 0. The summed E-state index contributed by atoms with van der Waals surface area (Å²) in [4.78, 5) is 33.3. The van der Waals surface area contributed by atoms with Crippen LogP contribution in [-0.4, -0.2) is 46.2 Å². The molecule has 2 saturated heterocycles. The molecule has 3 atom stereocenters. The zero-order valence-electron chi connectivity index (χ0n) is 11.2. The summed E-state index contributed by atoms with van der Waals surface area (Å²) in [7, 11) is 0. The largest absolute Gasteiger partial charge is 0.481 e. The number of carboxylic acid groups (broad SMARTS) is 2. The van der Waals surface area contributed by atoms with E-state index in [2.05, 4.69) is 10.6 Å². The van der Waals surface area contributed by atoms with Crippen LogP contribution in [0.25, 0.3) is 0 Å². The topological polar surface area (TPSA) is 116 Å². The molecule has 0 aromatic heterocycles. The molecule has 1 amide bonds. The molecule has 0 saturated carbocycles. The molecule has 2 aliphatic heterocycles. The number of fused-ring (bicyclic) bond motifs is 2. The molecule has 7 heteroatoms. The van der Waals surface area contributed by atoms with Gasteiger partial charge in [-0.2, -0.15) is 0 Å². The SMILES string of the molecule is O=C(O)CC(NC(=O)CC1CC2CCC(C1)N2)C(=O)O. The number of hydrogen-bond acceptors (Lipinski definition) is 4. The normalized spacial score (nSPS) is 29.7. The maximum atomic E-state index is 11.9. The number of amides is 1. The maximum Gasteiger partial charge on any atom is 0.326 e. The highest BCUT2D eigenvalue weighted by Gasteiger charge is 2.34. The third kappa shape index (κ3) is 3.93. The van der Waals surface area contributed by atoms with Crippen molar-refractivity contribution in [3.63, 3.8) is 0 Å². The molecule has 2 fully saturated rings. The van der Waals surface area contributed by atoms with Gasteiger partial charge in [-0.3, -0.25) is 9.59 Å². The van der Waals surface area contributed by atoms with E-state index in [0.29, 0.717) is 12.1 Å². The van der Waals surface area contributed by atoms with E-state index in [1.165, 1.54) is 0 Å². The molecule has 2 aliphatic rings. The van der Waals surface area contributed by atoms with Crippen molar-refractivity contribution in [3.8, 4) is 0 Å². The molecule has 2 bridgehead atoms. The van der Waals surface area contributed by atoms with Crippen molar-refractivity contribution in [3.05, 3.63) is 0 Å². The number of carboxylic acids is 2. The van der Waals surface area contributed by atoms with Gasteiger partial charge >= 0.3 is 11.9 Å². The van der Waals surface area contributed by atoms with Crippen molar-refractivity contribution in [2.45, 2.75) is 56.7 Å². The Hall–Kier alpha value is -1.63. The van der Waals surface area contributed by atoms with Gasteiger partial charge in [-0.05, 0) is 31.6 Å². The second kappa shape index (κ2) is 6.21. The number of carbonyl (C=O) groups excluding carboxylic acids is 1. The Morgan fingerprint density at radius 2 is 1.75 bits per heavy atom. The molecule has 7 nitrogen and oxygen atoms in total. The van der Waals surface area contributed by atoms with Crippen LogP contribution < -0.4 is 10.6 Å². The fraction of sp³-hybridized carbons (Fsp3) is 0.769. The van der Waals surface area contributed by atoms with Crippen molar-refractivity contribution in [1.82, 2.24) is 10.6 Å². The predicted molar refractivity (Wildman–Crippen MR) is 69.1 cm³/mol. The van der Waals surface area contributed by atoms with Crippen molar-refractivity contribution in [2.75, 3.05) is 0 Å². The standard InChI is InChI=1S/C13H20N2O5/c16-11(15-10(13(19)20)6-12(17)18)5-7-3-8-1-2-9(4-7)14-8/h7-10,14H,1-6H2,(H,15,16)(H,17,18)(H,19,20). The molecule has 20 heavy (non-hydrogen) atoms. The summed E-state index contributed by atoms with van der Waals surface area (Å²) < 4.78 is 0. The van der Waals surface area contributed by atoms with Crippen LogP contribution in [-0.2, 0) is 14.4 Å². The van der Waals surface area contributed by atoms with E-state index in [0.717, 1.165) is 25.7 Å². The lowest BCUT2D eigenvalue weighted by molar-refractivity contribution is -0.147. The fourth-order valence-corrected chi connectivity index (χ4v) is 3.23. The molecule has 0 aromatic rings. The van der Waals surface area contributed by atoms with Gasteiger partial charge in [0.1, 0.15) is 6.04 Å². The summed E-state index contributed by atoms with van der Waals surface area (Å²) >= 11 is 0. The highest BCUT2D eigenvalue weighted by atomic mass is 16.4. The van der Waals surface area contributed by atoms with Crippen molar-refractivity contribution < 1.29 is 24.6 Å². The van der Waals surface area contributed by atoms with Gasteiger partial charge in [0.05, 0.1) is 6.42 Å². The third-order valence-corrected chi connectivity index (χ3v) is 4.06. The van der Waals surface area contributed by atoms with Gasteiger partial charge in [-0.1, -0.05) is 0 Å². The number of piperidine rings is 1. The molecule has 0 radical (unpaired) electrons. The second-order valence-corrected chi connectivity index (χ2v) is 5.74. The van der Waals surface area contributed by atoms with Crippen molar-refractivity contribution in [1.29, 1.82) is 0 Å². The molecule has 4 N–H and O–H groups in total. The first-order chi connectivity index (χ1) is 9.44. The Bertz CT molecular complexity index is 400. The van der Waals surface area contributed by atoms with Crippen molar-refractivity contribution in [2.24, 2.45) is 5.92 Å². The number of carbonyl (C=O) groups is 3. The lowest BCUT2D eigenvalue weighted by atomic mass is 9.89. The number of hydrogen-bond donors (Lipinski definition) is 4. The zero-order valence-corrected chi connectivity index (χ0v) is 11.2. The van der Waals surface area contributed by atoms with Gasteiger partial charge in [0.15, 0.2) is 0 Å². The average Bonchev–Trinajstić information content (AvgIpc) is 2.67. The van der Waals surface area contributed by atoms with Gasteiger partial charge in [-0.25, -0.2) is 4.79 Å². The first-order valence-electron chi connectivity index (χ1n) is 6.94. The minimum Gasteiger partial charge on any atom is -0.481 e. The van der Waals surface area contributed by atoms with E-state index in [4.69, 9.17) is 10.2 Å². The van der Waals surface area contributed by atoms with Gasteiger partial charge in [-0.15, -0.1) is 0 Å². The Labute approximate surface area is 116 Å². The fourth-order valence-electron chi connectivity index (χ4n) is 3.23. The van der Waals surface area contributed by atoms with Gasteiger partial charge in [0.25, 0.3) is 0 Å². The Kier molecular flexibility index (Phi) is 4.59. The number of rotatable bonds is 6. The Morgan fingerprint density at radius 1 is 1.15 bits per heavy atom. The second-order valence-electron chi connectivity index (χ2n) is 5.74. The number of aliphatic carboxylic acids is 2. The third-order valence-electron chi connectivity index (χ3n) is 4.06. The van der Waals surface area contributed by atoms with E-state index in [1.54, 1.807) is 0 Å². The minimum absolute atomic E-state index is 0.257. The molecule has 3 unspecified atom stereocenters. The summed E-state index contributed by atoms with van der Waals surface area (Å²) in [6, 6.07) is -0.403. The van der Waals surface area contributed by atoms with E-state index in [-0.39, 0.29) is 18.2 Å². The molecular weight excluding hydrogens is 264 g/mol. The van der Waals surface area contributed by atoms with E-state index < -0.39 is 24.4 Å². The Morgan fingerprint density at radius 3 is 2.25 bits per heavy atom. The first-order valence-corrected chi connectivity index (χ1v) is 6.94. The van der Waals surface area contributed by atoms with Crippen LogP contribution in [0.1, 0.15) is 38.5 Å². The molecule has 2 rings (SSSR count). The zero-order chi connectivity index (χ0) is 14.7. The van der Waals surface area contributed by atoms with Crippen molar-refractivity contribution >= 4 is 17.8 Å². The summed E-state index contributed by atoms with van der Waals surface area (Å²) in [5, 5.41) is 23.3. The van der Waals surface area contributed by atoms with Crippen LogP contribution in [0.5, 0.6) is 0 Å². The number of nitrogens with one attached hydrogen (secondary N) is 2. The summed E-state index contributed by atoms with van der Waals surface area (Å²) in [6.07, 6.45) is 3.82. The summed E-state index contributed by atoms with van der Waals surface area (Å²) in [5.74, 6) is -2.67. The first kappa shape index (κ1) is 14.8. The van der Waals surface area contributed by atoms with Crippen LogP contribution in [0, 0.1) is 5.92 Å². The minimum atomic E-state index is -1.35. The van der Waals surface area contributed by atoms with Gasteiger partial charge in [0, 0.05) is 18.5 Å². The molecular formula is C13H20N2O5. The van der Waals surface area contributed by atoms with E-state index in [1.807, 2.05) is 0 Å². The van der Waals surface area contributed by atoms with Crippen LogP contribution >= 0.6 is 0 Å². The lowest BCUT2D eigenvalue weighted by Gasteiger charge is -2.28.